The van der Waals surface area contributed by atoms with Gasteiger partial charge in [0.2, 0.25) is 0 Å². The van der Waals surface area contributed by atoms with Gasteiger partial charge in [-0.3, -0.25) is 5.10 Å². The first-order valence-corrected chi connectivity index (χ1v) is 10.4. The molecule has 1 aliphatic rings. The number of ether oxygens (including phenoxy) is 1. The zero-order chi connectivity index (χ0) is 23.2. The third-order valence-corrected chi connectivity index (χ3v) is 5.16. The van der Waals surface area contributed by atoms with Gasteiger partial charge in [-0.2, -0.15) is 5.10 Å². The predicted molar refractivity (Wildman–Crippen MR) is 119 cm³/mol. The number of H-pyrrole nitrogens is 1. The number of urea groups is 2. The van der Waals surface area contributed by atoms with Crippen LogP contribution in [0.3, 0.4) is 0 Å². The maximum atomic E-state index is 13.0. The first kappa shape index (κ1) is 22.2. The minimum absolute atomic E-state index is 0.210. The van der Waals surface area contributed by atoms with Gasteiger partial charge >= 0.3 is 12.1 Å². The Morgan fingerprint density at radius 3 is 2.79 bits per heavy atom. The van der Waals surface area contributed by atoms with Crippen molar-refractivity contribution < 1.29 is 18.7 Å². The number of benzene rings is 2. The fraction of sp³-hybridized carbons (Fsp3) is 0.273. The lowest BCUT2D eigenvalue weighted by Crippen LogP contribution is -2.42. The summed E-state index contributed by atoms with van der Waals surface area (Å²) in [7, 11) is 1.56. The molecule has 1 aliphatic heterocycles. The van der Waals surface area contributed by atoms with Crippen LogP contribution in [0, 0.1) is 5.82 Å². The van der Waals surface area contributed by atoms with Crippen molar-refractivity contribution in [2.75, 3.05) is 24.3 Å². The molecule has 2 aromatic carbocycles. The van der Waals surface area contributed by atoms with E-state index < -0.39 is 6.03 Å². The van der Waals surface area contributed by atoms with Gasteiger partial charge in [0.15, 0.2) is 5.82 Å². The molecule has 11 heteroatoms. The summed E-state index contributed by atoms with van der Waals surface area (Å²) < 4.78 is 18.0. The fourth-order valence-electron chi connectivity index (χ4n) is 3.60. The zero-order valence-corrected chi connectivity index (χ0v) is 18.0. The molecule has 2 heterocycles. The Bertz CT molecular complexity index is 1130. The molecule has 172 valence electrons. The number of nitrogens with zero attached hydrogens (tertiary/aromatic N) is 3. The highest BCUT2D eigenvalue weighted by Gasteiger charge is 2.23. The Balaban J connectivity index is 1.34. The monoisotopic (exact) mass is 453 g/mol. The SMILES string of the molecule is COCc1n[nH]c(CNC(=O)N2CCc3c(cccc3NC(=O)Nc3ccc(F)cc3)C2)n1. The van der Waals surface area contributed by atoms with Crippen LogP contribution in [0.5, 0.6) is 0 Å². The fourth-order valence-corrected chi connectivity index (χ4v) is 3.60. The number of carbonyl (C=O) groups is 2. The van der Waals surface area contributed by atoms with E-state index >= 15 is 0 Å². The van der Waals surface area contributed by atoms with Crippen LogP contribution in [0.1, 0.15) is 22.8 Å². The molecule has 0 saturated heterocycles. The molecule has 4 N–H and O–H groups in total. The average molecular weight is 453 g/mol. The third kappa shape index (κ3) is 5.63. The van der Waals surface area contributed by atoms with E-state index in [0.717, 1.165) is 11.1 Å². The molecule has 4 rings (SSSR count). The van der Waals surface area contributed by atoms with Crippen molar-refractivity contribution in [3.05, 3.63) is 71.1 Å². The maximum Gasteiger partial charge on any atom is 0.323 e. The molecule has 3 aromatic rings. The number of methoxy groups -OCH3 is 1. The number of halogens is 1. The molecule has 0 radical (unpaired) electrons. The standard InChI is InChI=1S/C22H24FN7O3/c1-33-13-20-27-19(28-29-20)11-24-22(32)30-10-9-17-14(12-30)3-2-4-18(17)26-21(31)25-16-7-5-15(23)6-8-16/h2-8H,9-13H2,1H3,(H,24,32)(H2,25,26,31)(H,27,28,29). The van der Waals surface area contributed by atoms with Gasteiger partial charge < -0.3 is 25.6 Å². The Hall–Kier alpha value is -3.99. The summed E-state index contributed by atoms with van der Waals surface area (Å²) in [5.74, 6) is 0.701. The van der Waals surface area contributed by atoms with Gasteiger partial charge in [-0.15, -0.1) is 0 Å². The quantitative estimate of drug-likeness (QED) is 0.457. The first-order chi connectivity index (χ1) is 16.0. The van der Waals surface area contributed by atoms with E-state index in [1.54, 1.807) is 12.0 Å². The van der Waals surface area contributed by atoms with Gasteiger partial charge in [0, 0.05) is 31.6 Å². The molecule has 0 saturated carbocycles. The van der Waals surface area contributed by atoms with Crippen molar-refractivity contribution in [3.8, 4) is 0 Å². The van der Waals surface area contributed by atoms with Gasteiger partial charge in [0.05, 0.1) is 6.54 Å². The van der Waals surface area contributed by atoms with E-state index in [0.29, 0.717) is 49.1 Å². The minimum atomic E-state index is -0.421. The summed E-state index contributed by atoms with van der Waals surface area (Å²) in [5, 5.41) is 15.1. The summed E-state index contributed by atoms with van der Waals surface area (Å²) in [5.41, 5.74) is 3.11. The Labute approximate surface area is 189 Å². The van der Waals surface area contributed by atoms with Crippen molar-refractivity contribution >= 4 is 23.4 Å². The summed E-state index contributed by atoms with van der Waals surface area (Å²) in [6, 6.07) is 10.5. The summed E-state index contributed by atoms with van der Waals surface area (Å²) in [6.07, 6.45) is 0.593. The number of hydrogen-bond donors (Lipinski definition) is 4. The second kappa shape index (κ2) is 10.1. The van der Waals surface area contributed by atoms with Crippen LogP contribution in [0.2, 0.25) is 0 Å². The molecule has 0 fully saturated rings. The molecule has 0 spiro atoms. The summed E-state index contributed by atoms with van der Waals surface area (Å²) in [6.45, 7) is 1.44. The third-order valence-electron chi connectivity index (χ3n) is 5.16. The van der Waals surface area contributed by atoms with Gasteiger partial charge in [0.25, 0.3) is 0 Å². The van der Waals surface area contributed by atoms with Crippen LogP contribution in [-0.2, 0) is 30.9 Å². The van der Waals surface area contributed by atoms with Crippen LogP contribution in [0.25, 0.3) is 0 Å². The number of rotatable bonds is 6. The van der Waals surface area contributed by atoms with E-state index in [9.17, 15) is 14.0 Å². The Kier molecular flexibility index (Phi) is 6.79. The van der Waals surface area contributed by atoms with Crippen molar-refractivity contribution in [1.82, 2.24) is 25.4 Å². The highest BCUT2D eigenvalue weighted by atomic mass is 19.1. The molecular weight excluding hydrogens is 429 g/mol. The smallest absolute Gasteiger partial charge is 0.323 e. The lowest BCUT2D eigenvalue weighted by atomic mass is 9.98. The minimum Gasteiger partial charge on any atom is -0.377 e. The van der Waals surface area contributed by atoms with E-state index in [1.165, 1.54) is 24.3 Å². The van der Waals surface area contributed by atoms with E-state index in [-0.39, 0.29) is 18.4 Å². The van der Waals surface area contributed by atoms with Crippen LogP contribution >= 0.6 is 0 Å². The second-order valence-corrected chi connectivity index (χ2v) is 7.49. The van der Waals surface area contributed by atoms with Crippen LogP contribution in [-0.4, -0.2) is 45.8 Å². The highest BCUT2D eigenvalue weighted by Crippen LogP contribution is 2.26. The molecule has 33 heavy (non-hydrogen) atoms. The topological polar surface area (TPSA) is 124 Å². The van der Waals surface area contributed by atoms with Crippen LogP contribution < -0.4 is 16.0 Å². The van der Waals surface area contributed by atoms with Gasteiger partial charge in [0.1, 0.15) is 18.2 Å². The molecule has 10 nitrogen and oxygen atoms in total. The van der Waals surface area contributed by atoms with Crippen LogP contribution in [0.4, 0.5) is 25.4 Å². The van der Waals surface area contributed by atoms with Crippen molar-refractivity contribution in [3.63, 3.8) is 0 Å². The second-order valence-electron chi connectivity index (χ2n) is 7.49. The zero-order valence-electron chi connectivity index (χ0n) is 18.0. The summed E-state index contributed by atoms with van der Waals surface area (Å²) >= 11 is 0. The number of hydrogen-bond acceptors (Lipinski definition) is 5. The van der Waals surface area contributed by atoms with Gasteiger partial charge in [-0.1, -0.05) is 12.1 Å². The Morgan fingerprint density at radius 1 is 1.18 bits per heavy atom. The van der Waals surface area contributed by atoms with E-state index in [1.807, 2.05) is 18.2 Å². The molecule has 0 bridgehead atoms. The van der Waals surface area contributed by atoms with Crippen molar-refractivity contribution in [2.24, 2.45) is 0 Å². The number of nitrogens with one attached hydrogen (secondary N) is 4. The highest BCUT2D eigenvalue weighted by molar-refractivity contribution is 6.00. The number of aromatic amines is 1. The van der Waals surface area contributed by atoms with Gasteiger partial charge in [-0.25, -0.2) is 19.0 Å². The maximum absolute atomic E-state index is 13.0. The first-order valence-electron chi connectivity index (χ1n) is 10.4. The Morgan fingerprint density at radius 2 is 2.00 bits per heavy atom. The van der Waals surface area contributed by atoms with Crippen LogP contribution in [0.15, 0.2) is 42.5 Å². The summed E-state index contributed by atoms with van der Waals surface area (Å²) in [4.78, 5) is 30.9. The molecule has 0 aliphatic carbocycles. The number of aromatic nitrogens is 3. The molecular formula is C22H24FN7O3. The van der Waals surface area contributed by atoms with Gasteiger partial charge in [-0.05, 0) is 47.9 Å². The molecule has 0 atom stereocenters. The van der Waals surface area contributed by atoms with Crippen molar-refractivity contribution in [1.29, 1.82) is 0 Å². The normalized spacial score (nSPS) is 12.7. The largest absolute Gasteiger partial charge is 0.377 e. The van der Waals surface area contributed by atoms with Crippen molar-refractivity contribution in [2.45, 2.75) is 26.1 Å². The molecule has 0 unspecified atom stereocenters. The average Bonchev–Trinajstić information content (AvgIpc) is 3.26. The number of fused-ring (bicyclic) bond motifs is 1. The number of amides is 4. The number of anilines is 2. The van der Waals surface area contributed by atoms with E-state index in [2.05, 4.69) is 31.1 Å². The number of carbonyl (C=O) groups excluding carboxylic acids is 2. The molecule has 4 amide bonds. The van der Waals surface area contributed by atoms with E-state index in [4.69, 9.17) is 4.74 Å². The predicted octanol–water partition coefficient (Wildman–Crippen LogP) is 3.00. The lowest BCUT2D eigenvalue weighted by molar-refractivity contribution is 0.178. The lowest BCUT2D eigenvalue weighted by Gasteiger charge is -2.30. The molecule has 1 aromatic heterocycles.